The SMILES string of the molecule is CCCCCc1nc(SC(CC[N+](=O)[O-])C(=O)O)n[nH]1. The van der Waals surface area contributed by atoms with Gasteiger partial charge in [-0.05, 0) is 6.42 Å². The number of hydrogen-bond donors (Lipinski definition) is 2. The van der Waals surface area contributed by atoms with Crippen molar-refractivity contribution in [3.05, 3.63) is 15.9 Å². The van der Waals surface area contributed by atoms with Crippen LogP contribution in [0.5, 0.6) is 0 Å². The van der Waals surface area contributed by atoms with Gasteiger partial charge in [-0.2, -0.15) is 0 Å². The van der Waals surface area contributed by atoms with Gasteiger partial charge < -0.3 is 5.11 Å². The molecule has 9 heteroatoms. The van der Waals surface area contributed by atoms with Gasteiger partial charge in [0.25, 0.3) is 0 Å². The van der Waals surface area contributed by atoms with Crippen molar-refractivity contribution in [2.75, 3.05) is 6.54 Å². The van der Waals surface area contributed by atoms with E-state index in [1.54, 1.807) is 0 Å². The lowest BCUT2D eigenvalue weighted by Crippen LogP contribution is -2.20. The molecular formula is C11H18N4O4S. The molecule has 8 nitrogen and oxygen atoms in total. The number of nitrogens with zero attached hydrogens (tertiary/aromatic N) is 3. The second-order valence-corrected chi connectivity index (χ2v) is 5.48. The van der Waals surface area contributed by atoms with Gasteiger partial charge in [-0.25, -0.2) is 4.98 Å². The minimum absolute atomic E-state index is 0.0489. The predicted octanol–water partition coefficient (Wildman–Crippen LogP) is 1.75. The van der Waals surface area contributed by atoms with E-state index in [0.29, 0.717) is 5.16 Å². The Morgan fingerprint density at radius 1 is 1.55 bits per heavy atom. The summed E-state index contributed by atoms with van der Waals surface area (Å²) in [6.07, 6.45) is 3.93. The van der Waals surface area contributed by atoms with Gasteiger partial charge in [-0.1, -0.05) is 31.5 Å². The molecule has 0 amide bonds. The Bertz CT molecular complexity index is 451. The molecule has 0 radical (unpaired) electrons. The molecule has 0 saturated heterocycles. The van der Waals surface area contributed by atoms with Gasteiger partial charge in [-0.3, -0.25) is 20.0 Å². The molecule has 0 spiro atoms. The Hall–Kier alpha value is -1.64. The highest BCUT2D eigenvalue weighted by Gasteiger charge is 2.23. The van der Waals surface area contributed by atoms with Gasteiger partial charge in [0.1, 0.15) is 11.1 Å². The number of nitro groups is 1. The largest absolute Gasteiger partial charge is 0.480 e. The normalized spacial score (nSPS) is 12.2. The first-order valence-electron chi connectivity index (χ1n) is 6.45. The number of carboxylic acids is 1. The number of aryl methyl sites for hydroxylation is 1. The highest BCUT2D eigenvalue weighted by molar-refractivity contribution is 8.00. The molecule has 1 heterocycles. The zero-order valence-corrected chi connectivity index (χ0v) is 12.1. The second kappa shape index (κ2) is 8.51. The third-order valence-electron chi connectivity index (χ3n) is 2.63. The van der Waals surface area contributed by atoms with Crippen molar-refractivity contribution < 1.29 is 14.8 Å². The standard InChI is InChI=1S/C11H18N4O4S/c1-2-3-4-5-9-12-11(14-13-9)20-8(10(16)17)6-7-15(18)19/h8H,2-7H2,1H3,(H,16,17)(H,12,13,14). The fourth-order valence-electron chi connectivity index (χ4n) is 1.57. The average Bonchev–Trinajstić information content (AvgIpc) is 2.82. The van der Waals surface area contributed by atoms with Crippen LogP contribution in [0.25, 0.3) is 0 Å². The number of carbonyl (C=O) groups is 1. The number of carboxylic acid groups (broad SMARTS) is 1. The van der Waals surface area contributed by atoms with Crippen LogP contribution in [0.3, 0.4) is 0 Å². The van der Waals surface area contributed by atoms with Gasteiger partial charge in [0.15, 0.2) is 0 Å². The molecule has 0 fully saturated rings. The van der Waals surface area contributed by atoms with Crippen molar-refractivity contribution in [3.63, 3.8) is 0 Å². The Labute approximate surface area is 120 Å². The van der Waals surface area contributed by atoms with Gasteiger partial charge >= 0.3 is 5.97 Å². The van der Waals surface area contributed by atoms with E-state index in [4.69, 9.17) is 5.11 Å². The molecule has 1 aromatic rings. The minimum Gasteiger partial charge on any atom is -0.480 e. The fraction of sp³-hybridized carbons (Fsp3) is 0.727. The van der Waals surface area contributed by atoms with Gasteiger partial charge in [0, 0.05) is 17.8 Å². The molecule has 0 aliphatic heterocycles. The average molecular weight is 302 g/mol. The van der Waals surface area contributed by atoms with Gasteiger partial charge in [0.05, 0.1) is 0 Å². The summed E-state index contributed by atoms with van der Waals surface area (Å²) in [6.45, 7) is 1.73. The van der Waals surface area contributed by atoms with Gasteiger partial charge in [0.2, 0.25) is 11.7 Å². The van der Waals surface area contributed by atoms with Crippen LogP contribution in [0.4, 0.5) is 0 Å². The summed E-state index contributed by atoms with van der Waals surface area (Å²) in [7, 11) is 0. The van der Waals surface area contributed by atoms with E-state index in [9.17, 15) is 14.9 Å². The molecule has 0 aliphatic rings. The van der Waals surface area contributed by atoms with E-state index in [1.165, 1.54) is 0 Å². The lowest BCUT2D eigenvalue weighted by atomic mass is 10.2. The maximum Gasteiger partial charge on any atom is 0.317 e. The second-order valence-electron chi connectivity index (χ2n) is 4.31. The van der Waals surface area contributed by atoms with Crippen LogP contribution in [0.2, 0.25) is 0 Å². The van der Waals surface area contributed by atoms with Crippen molar-refractivity contribution in [2.45, 2.75) is 49.4 Å². The quantitative estimate of drug-likeness (QED) is 0.292. The number of nitrogens with one attached hydrogen (secondary N) is 1. The molecular weight excluding hydrogens is 284 g/mol. The predicted molar refractivity (Wildman–Crippen MR) is 73.4 cm³/mol. The monoisotopic (exact) mass is 302 g/mol. The first-order chi connectivity index (χ1) is 9.52. The Morgan fingerprint density at radius 3 is 2.90 bits per heavy atom. The molecule has 1 atom stereocenters. The number of rotatable bonds is 10. The third kappa shape index (κ3) is 6.00. The van der Waals surface area contributed by atoms with E-state index >= 15 is 0 Å². The van der Waals surface area contributed by atoms with E-state index < -0.39 is 16.1 Å². The highest BCUT2D eigenvalue weighted by atomic mass is 32.2. The number of thioether (sulfide) groups is 1. The summed E-state index contributed by atoms with van der Waals surface area (Å²) in [5, 5.41) is 25.4. The Morgan fingerprint density at radius 2 is 2.30 bits per heavy atom. The summed E-state index contributed by atoms with van der Waals surface area (Å²) in [5.41, 5.74) is 0. The molecule has 112 valence electrons. The Kier molecular flexibility index (Phi) is 6.99. The first kappa shape index (κ1) is 16.4. The molecule has 20 heavy (non-hydrogen) atoms. The van der Waals surface area contributed by atoms with Crippen molar-refractivity contribution in [1.82, 2.24) is 15.2 Å². The van der Waals surface area contributed by atoms with Crippen LogP contribution >= 0.6 is 11.8 Å². The maximum absolute atomic E-state index is 11.0. The number of H-pyrrole nitrogens is 1. The summed E-state index contributed by atoms with van der Waals surface area (Å²) < 4.78 is 0. The molecule has 1 rings (SSSR count). The maximum atomic E-state index is 11.0. The molecule has 2 N–H and O–H groups in total. The fourth-order valence-corrected chi connectivity index (χ4v) is 2.41. The summed E-state index contributed by atoms with van der Waals surface area (Å²) in [5.74, 6) is -0.367. The highest BCUT2D eigenvalue weighted by Crippen LogP contribution is 2.22. The third-order valence-corrected chi connectivity index (χ3v) is 3.74. The molecule has 0 bridgehead atoms. The molecule has 1 aromatic heterocycles. The number of aliphatic carboxylic acids is 1. The lowest BCUT2D eigenvalue weighted by molar-refractivity contribution is -0.480. The number of unbranched alkanes of at least 4 members (excludes halogenated alkanes) is 2. The van der Waals surface area contributed by atoms with Crippen LogP contribution in [0.15, 0.2) is 5.16 Å². The van der Waals surface area contributed by atoms with Crippen molar-refractivity contribution >= 4 is 17.7 Å². The Balaban J connectivity index is 2.51. The molecule has 1 unspecified atom stereocenters. The molecule has 0 aromatic carbocycles. The number of hydrogen-bond acceptors (Lipinski definition) is 6. The smallest absolute Gasteiger partial charge is 0.317 e. The van der Waals surface area contributed by atoms with Crippen LogP contribution < -0.4 is 0 Å². The summed E-state index contributed by atoms with van der Waals surface area (Å²) >= 11 is 0.941. The van der Waals surface area contributed by atoms with Crippen LogP contribution in [-0.2, 0) is 11.2 Å². The molecule has 0 saturated carbocycles. The summed E-state index contributed by atoms with van der Waals surface area (Å²) in [4.78, 5) is 25.0. The zero-order valence-electron chi connectivity index (χ0n) is 11.2. The van der Waals surface area contributed by atoms with E-state index in [0.717, 1.165) is 43.3 Å². The summed E-state index contributed by atoms with van der Waals surface area (Å²) in [6, 6.07) is 0. The topological polar surface area (TPSA) is 122 Å². The number of aromatic amines is 1. The zero-order chi connectivity index (χ0) is 15.0. The number of aromatic nitrogens is 3. The van der Waals surface area contributed by atoms with E-state index in [-0.39, 0.29) is 13.0 Å². The lowest BCUT2D eigenvalue weighted by Gasteiger charge is -2.06. The minimum atomic E-state index is -1.09. The van der Waals surface area contributed by atoms with E-state index in [1.807, 2.05) is 0 Å². The van der Waals surface area contributed by atoms with Gasteiger partial charge in [-0.15, -0.1) is 5.10 Å². The van der Waals surface area contributed by atoms with Crippen LogP contribution in [0, 0.1) is 10.1 Å². The van der Waals surface area contributed by atoms with Crippen molar-refractivity contribution in [2.24, 2.45) is 0 Å². The molecule has 0 aliphatic carbocycles. The van der Waals surface area contributed by atoms with Crippen molar-refractivity contribution in [1.29, 1.82) is 0 Å². The van der Waals surface area contributed by atoms with Crippen molar-refractivity contribution in [3.8, 4) is 0 Å². The van der Waals surface area contributed by atoms with Crippen LogP contribution in [-0.4, -0.2) is 43.0 Å². The van der Waals surface area contributed by atoms with E-state index in [2.05, 4.69) is 22.1 Å². The first-order valence-corrected chi connectivity index (χ1v) is 7.33. The van der Waals surface area contributed by atoms with Crippen LogP contribution in [0.1, 0.15) is 38.4 Å².